The van der Waals surface area contributed by atoms with Crippen LogP contribution in [0.3, 0.4) is 0 Å². The van der Waals surface area contributed by atoms with E-state index in [0.29, 0.717) is 11.5 Å². The van der Waals surface area contributed by atoms with E-state index in [1.54, 1.807) is 0 Å². The van der Waals surface area contributed by atoms with E-state index < -0.39 is 0 Å². The molecule has 4 heteroatoms. The maximum absolute atomic E-state index is 12.5. The highest BCUT2D eigenvalue weighted by Gasteiger charge is 2.18. The zero-order chi connectivity index (χ0) is 13.7. The van der Waals surface area contributed by atoms with Gasteiger partial charge in [0.2, 0.25) is 0 Å². The maximum atomic E-state index is 12.5. The molecule has 0 radical (unpaired) electrons. The second-order valence-corrected chi connectivity index (χ2v) is 5.89. The average Bonchev–Trinajstić information content (AvgIpc) is 2.37. The molecule has 1 aromatic rings. The molecule has 0 spiro atoms. The molecule has 1 amide bonds. The molecule has 0 N–H and O–H groups in total. The Morgan fingerprint density at radius 2 is 2.11 bits per heavy atom. The number of carbonyl (C=O) groups is 1. The van der Waals surface area contributed by atoms with Gasteiger partial charge in [-0.1, -0.05) is 20.3 Å². The van der Waals surface area contributed by atoms with Gasteiger partial charge in [-0.2, -0.15) is 0 Å². The van der Waals surface area contributed by atoms with E-state index in [-0.39, 0.29) is 5.91 Å². The van der Waals surface area contributed by atoms with Crippen molar-refractivity contribution >= 4 is 34.5 Å². The molecular formula is C14H20BrNOS. The fourth-order valence-electron chi connectivity index (χ4n) is 1.71. The van der Waals surface area contributed by atoms with Gasteiger partial charge in [-0.25, -0.2) is 0 Å². The van der Waals surface area contributed by atoms with Gasteiger partial charge >= 0.3 is 0 Å². The number of nitrogens with zero attached hydrogens (tertiary/aromatic N) is 1. The van der Waals surface area contributed by atoms with Gasteiger partial charge in [0, 0.05) is 22.5 Å². The Balaban J connectivity index is 2.92. The van der Waals surface area contributed by atoms with Crippen LogP contribution < -0.4 is 0 Å². The van der Waals surface area contributed by atoms with Crippen LogP contribution in [0.2, 0.25) is 0 Å². The van der Waals surface area contributed by atoms with Gasteiger partial charge < -0.3 is 4.90 Å². The number of amides is 1. The molecule has 1 rings (SSSR count). The lowest BCUT2D eigenvalue weighted by Gasteiger charge is -2.24. The SMILES string of the molecule is CCC(C)CN(CC)C(=O)c1cc(S)ccc1Br. The molecule has 1 atom stereocenters. The van der Waals surface area contributed by atoms with Gasteiger partial charge in [-0.3, -0.25) is 4.79 Å². The van der Waals surface area contributed by atoms with Gasteiger partial charge in [0.25, 0.3) is 5.91 Å². The van der Waals surface area contributed by atoms with E-state index in [1.165, 1.54) is 0 Å². The fourth-order valence-corrected chi connectivity index (χ4v) is 2.33. The van der Waals surface area contributed by atoms with Gasteiger partial charge in [-0.05, 0) is 47.0 Å². The molecule has 2 nitrogen and oxygen atoms in total. The monoisotopic (exact) mass is 329 g/mol. The molecule has 18 heavy (non-hydrogen) atoms. The minimum Gasteiger partial charge on any atom is -0.339 e. The standard InChI is InChI=1S/C14H20BrNOS/c1-4-10(3)9-16(5-2)14(17)12-8-11(18)6-7-13(12)15/h6-8,10,18H,4-5,9H2,1-3H3. The van der Waals surface area contributed by atoms with Crippen molar-refractivity contribution in [2.45, 2.75) is 32.1 Å². The van der Waals surface area contributed by atoms with Gasteiger partial charge in [-0.15, -0.1) is 12.6 Å². The number of rotatable bonds is 5. The van der Waals surface area contributed by atoms with E-state index in [9.17, 15) is 4.79 Å². The molecule has 0 fully saturated rings. The van der Waals surface area contributed by atoms with Crippen molar-refractivity contribution in [2.75, 3.05) is 13.1 Å². The summed E-state index contributed by atoms with van der Waals surface area (Å²) in [5.74, 6) is 0.590. The predicted molar refractivity (Wildman–Crippen MR) is 82.4 cm³/mol. The summed E-state index contributed by atoms with van der Waals surface area (Å²) in [7, 11) is 0. The molecule has 0 bridgehead atoms. The largest absolute Gasteiger partial charge is 0.339 e. The van der Waals surface area contributed by atoms with Crippen LogP contribution in [0.25, 0.3) is 0 Å². The molecule has 1 aromatic carbocycles. The van der Waals surface area contributed by atoms with Crippen molar-refractivity contribution in [3.8, 4) is 0 Å². The van der Waals surface area contributed by atoms with Crippen LogP contribution in [0.15, 0.2) is 27.6 Å². The first-order valence-corrected chi connectivity index (χ1v) is 7.51. The summed E-state index contributed by atoms with van der Waals surface area (Å²) in [5.41, 5.74) is 0.688. The molecule has 0 aromatic heterocycles. The third kappa shape index (κ3) is 4.02. The number of halogens is 1. The summed E-state index contributed by atoms with van der Waals surface area (Å²) in [6.07, 6.45) is 1.08. The Morgan fingerprint density at radius 3 is 2.67 bits per heavy atom. The fraction of sp³-hybridized carbons (Fsp3) is 0.500. The van der Waals surface area contributed by atoms with E-state index in [1.807, 2.05) is 30.0 Å². The van der Waals surface area contributed by atoms with Crippen molar-refractivity contribution in [2.24, 2.45) is 5.92 Å². The molecule has 0 saturated heterocycles. The molecule has 1 unspecified atom stereocenters. The zero-order valence-electron chi connectivity index (χ0n) is 11.1. The minimum absolute atomic E-state index is 0.0700. The summed E-state index contributed by atoms with van der Waals surface area (Å²) in [6, 6.07) is 5.55. The number of hydrogen-bond acceptors (Lipinski definition) is 2. The molecular weight excluding hydrogens is 310 g/mol. The van der Waals surface area contributed by atoms with Crippen LogP contribution in [0.4, 0.5) is 0 Å². The number of carbonyl (C=O) groups excluding carboxylic acids is 1. The Kier molecular flexibility index (Phi) is 6.22. The maximum Gasteiger partial charge on any atom is 0.255 e. The molecule has 0 aliphatic carbocycles. The second-order valence-electron chi connectivity index (χ2n) is 4.52. The first-order chi connectivity index (χ1) is 8.49. The molecule has 0 saturated carbocycles. The van der Waals surface area contributed by atoms with Gasteiger partial charge in [0.15, 0.2) is 0 Å². The first-order valence-electron chi connectivity index (χ1n) is 6.27. The summed E-state index contributed by atoms with van der Waals surface area (Å²) >= 11 is 7.72. The normalized spacial score (nSPS) is 12.3. The lowest BCUT2D eigenvalue weighted by atomic mass is 10.1. The third-order valence-electron chi connectivity index (χ3n) is 3.08. The number of thiol groups is 1. The van der Waals surface area contributed by atoms with Gasteiger partial charge in [0.1, 0.15) is 0 Å². The van der Waals surface area contributed by atoms with Crippen molar-refractivity contribution < 1.29 is 4.79 Å². The zero-order valence-corrected chi connectivity index (χ0v) is 13.6. The van der Waals surface area contributed by atoms with E-state index in [0.717, 1.165) is 28.9 Å². The summed E-state index contributed by atoms with van der Waals surface area (Å²) in [6.45, 7) is 7.85. The molecule has 0 heterocycles. The Hall–Kier alpha value is -0.480. The van der Waals surface area contributed by atoms with Crippen molar-refractivity contribution in [1.29, 1.82) is 0 Å². The van der Waals surface area contributed by atoms with Crippen LogP contribution in [0.1, 0.15) is 37.6 Å². The highest BCUT2D eigenvalue weighted by Crippen LogP contribution is 2.22. The van der Waals surface area contributed by atoms with Crippen molar-refractivity contribution in [3.63, 3.8) is 0 Å². The first kappa shape index (κ1) is 15.6. The van der Waals surface area contributed by atoms with Crippen LogP contribution in [-0.2, 0) is 0 Å². The predicted octanol–water partition coefficient (Wildman–Crippen LogP) is 4.25. The van der Waals surface area contributed by atoms with E-state index in [4.69, 9.17) is 0 Å². The van der Waals surface area contributed by atoms with Crippen molar-refractivity contribution in [3.05, 3.63) is 28.2 Å². The quantitative estimate of drug-likeness (QED) is 0.801. The third-order valence-corrected chi connectivity index (χ3v) is 4.05. The van der Waals surface area contributed by atoms with Crippen molar-refractivity contribution in [1.82, 2.24) is 4.90 Å². The summed E-state index contributed by atoms with van der Waals surface area (Å²) in [5, 5.41) is 0. The smallest absolute Gasteiger partial charge is 0.255 e. The minimum atomic E-state index is 0.0700. The number of benzene rings is 1. The Labute approximate surface area is 123 Å². The summed E-state index contributed by atoms with van der Waals surface area (Å²) < 4.78 is 0.827. The lowest BCUT2D eigenvalue weighted by molar-refractivity contribution is 0.0739. The molecule has 100 valence electrons. The van der Waals surface area contributed by atoms with E-state index in [2.05, 4.69) is 42.4 Å². The second kappa shape index (κ2) is 7.19. The van der Waals surface area contributed by atoms with E-state index >= 15 is 0 Å². The Bertz CT molecular complexity index is 422. The molecule has 0 aliphatic rings. The Morgan fingerprint density at radius 1 is 1.44 bits per heavy atom. The van der Waals surface area contributed by atoms with Crippen LogP contribution in [-0.4, -0.2) is 23.9 Å². The molecule has 0 aliphatic heterocycles. The highest BCUT2D eigenvalue weighted by molar-refractivity contribution is 9.10. The highest BCUT2D eigenvalue weighted by atomic mass is 79.9. The number of hydrogen-bond donors (Lipinski definition) is 1. The summed E-state index contributed by atoms with van der Waals surface area (Å²) in [4.78, 5) is 15.2. The van der Waals surface area contributed by atoms with Crippen LogP contribution >= 0.6 is 28.6 Å². The van der Waals surface area contributed by atoms with Gasteiger partial charge in [0.05, 0.1) is 5.56 Å². The lowest BCUT2D eigenvalue weighted by Crippen LogP contribution is -2.34. The topological polar surface area (TPSA) is 20.3 Å². The van der Waals surface area contributed by atoms with Crippen LogP contribution in [0, 0.1) is 5.92 Å². The average molecular weight is 330 g/mol. The van der Waals surface area contributed by atoms with Crippen LogP contribution in [0.5, 0.6) is 0 Å².